The smallest absolute Gasteiger partial charge is 0.328 e. The summed E-state index contributed by atoms with van der Waals surface area (Å²) in [5, 5.41) is 9.39. The van der Waals surface area contributed by atoms with E-state index >= 15 is 0 Å². The summed E-state index contributed by atoms with van der Waals surface area (Å²) in [5.41, 5.74) is 2.13. The van der Waals surface area contributed by atoms with Gasteiger partial charge < -0.3 is 23.9 Å². The van der Waals surface area contributed by atoms with Crippen molar-refractivity contribution in [3.63, 3.8) is 0 Å². The van der Waals surface area contributed by atoms with Crippen molar-refractivity contribution in [2.45, 2.75) is 57.1 Å². The number of ether oxygens (including phenoxy) is 3. The molecule has 2 fully saturated rings. The SMILES string of the molecule is CC1(c2ccc(Cl)cc2F)Oc2cccc(C3CCN(Cc4ncc(/C=C/C(=O)O)n4C[C@@H]4CCO4)CC3)c2O1. The number of likely N-dealkylation sites (tertiary alicyclic amines) is 1. The number of aromatic nitrogens is 2. The third-order valence-electron chi connectivity index (χ3n) is 7.97. The molecule has 40 heavy (non-hydrogen) atoms. The standard InChI is InChI=1S/C30H31ClFN3O5/c1-30(24-7-5-20(31)15-25(24)32)39-26-4-2-3-23(29(26)40-30)19-9-12-34(13-10-19)18-27-33-16-21(6-8-28(36)37)35(27)17-22-11-14-38-22/h2-8,15-16,19,22H,9-14,17-18H2,1H3,(H,36,37)/b8-6+/t22-,30?/m0/s1. The second-order valence-electron chi connectivity index (χ2n) is 10.7. The molecule has 6 rings (SSSR count). The average Bonchev–Trinajstić information content (AvgIpc) is 3.45. The number of para-hydroxylation sites is 1. The molecule has 0 spiro atoms. The zero-order chi connectivity index (χ0) is 27.9. The molecule has 1 aromatic heterocycles. The molecule has 210 valence electrons. The quantitative estimate of drug-likeness (QED) is 0.355. The number of carboxylic acid groups (broad SMARTS) is 1. The van der Waals surface area contributed by atoms with E-state index in [0.717, 1.165) is 62.1 Å². The molecule has 0 radical (unpaired) electrons. The van der Waals surface area contributed by atoms with Crippen LogP contribution in [0.5, 0.6) is 11.5 Å². The fraction of sp³-hybridized carbons (Fsp3) is 0.400. The van der Waals surface area contributed by atoms with E-state index in [1.807, 2.05) is 12.1 Å². The number of piperidine rings is 1. The number of carbonyl (C=O) groups is 1. The molecule has 10 heteroatoms. The van der Waals surface area contributed by atoms with Gasteiger partial charge in [-0.25, -0.2) is 14.2 Å². The number of halogens is 2. The van der Waals surface area contributed by atoms with Gasteiger partial charge in [-0.05, 0) is 68.6 Å². The number of fused-ring (bicyclic) bond motifs is 1. The van der Waals surface area contributed by atoms with E-state index in [2.05, 4.69) is 20.5 Å². The third kappa shape index (κ3) is 5.33. The molecule has 0 saturated carbocycles. The lowest BCUT2D eigenvalue weighted by Crippen LogP contribution is -2.35. The number of benzene rings is 2. The minimum atomic E-state index is -1.28. The number of hydrogen-bond acceptors (Lipinski definition) is 6. The van der Waals surface area contributed by atoms with Gasteiger partial charge in [-0.2, -0.15) is 0 Å². The Kier molecular flexibility index (Phi) is 7.29. The van der Waals surface area contributed by atoms with Gasteiger partial charge in [-0.3, -0.25) is 4.90 Å². The Morgan fingerprint density at radius 1 is 1.23 bits per heavy atom. The van der Waals surface area contributed by atoms with Crippen LogP contribution in [0, 0.1) is 5.82 Å². The van der Waals surface area contributed by atoms with Crippen molar-refractivity contribution in [3.05, 3.63) is 82.2 Å². The van der Waals surface area contributed by atoms with E-state index < -0.39 is 17.6 Å². The highest BCUT2D eigenvalue weighted by Crippen LogP contribution is 2.49. The highest BCUT2D eigenvalue weighted by molar-refractivity contribution is 6.30. The summed E-state index contributed by atoms with van der Waals surface area (Å²) in [6.07, 6.45) is 7.42. The molecule has 1 N–H and O–H groups in total. The highest BCUT2D eigenvalue weighted by atomic mass is 35.5. The fourth-order valence-electron chi connectivity index (χ4n) is 5.73. The molecule has 3 aliphatic rings. The zero-order valence-electron chi connectivity index (χ0n) is 22.2. The van der Waals surface area contributed by atoms with Crippen LogP contribution in [-0.2, 0) is 28.4 Å². The van der Waals surface area contributed by atoms with Crippen LogP contribution in [0.4, 0.5) is 4.39 Å². The van der Waals surface area contributed by atoms with Gasteiger partial charge in [0, 0.05) is 30.2 Å². The van der Waals surface area contributed by atoms with E-state index in [-0.39, 0.29) is 12.0 Å². The Bertz CT molecular complexity index is 1450. The summed E-state index contributed by atoms with van der Waals surface area (Å²) in [6, 6.07) is 10.4. The summed E-state index contributed by atoms with van der Waals surface area (Å²) in [6.45, 7) is 5.54. The number of nitrogens with zero attached hydrogens (tertiary/aromatic N) is 3. The van der Waals surface area contributed by atoms with Gasteiger partial charge >= 0.3 is 5.97 Å². The summed E-state index contributed by atoms with van der Waals surface area (Å²) >= 11 is 5.95. The molecule has 4 heterocycles. The van der Waals surface area contributed by atoms with Crippen LogP contribution in [0.1, 0.15) is 54.7 Å². The molecular formula is C30H31ClFN3O5. The van der Waals surface area contributed by atoms with Crippen LogP contribution in [0.15, 0.2) is 48.7 Å². The Labute approximate surface area is 236 Å². The topological polar surface area (TPSA) is 86.1 Å². The molecular weight excluding hydrogens is 537 g/mol. The van der Waals surface area contributed by atoms with E-state index in [1.165, 1.54) is 6.07 Å². The molecule has 2 saturated heterocycles. The Hall–Kier alpha value is -3.40. The van der Waals surface area contributed by atoms with Crippen molar-refractivity contribution >= 4 is 23.6 Å². The van der Waals surface area contributed by atoms with Gasteiger partial charge in [-0.1, -0.05) is 23.7 Å². The number of hydrogen-bond donors (Lipinski definition) is 1. The lowest BCUT2D eigenvalue weighted by atomic mass is 9.88. The van der Waals surface area contributed by atoms with Gasteiger partial charge in [0.05, 0.1) is 36.6 Å². The second-order valence-corrected chi connectivity index (χ2v) is 11.1. The largest absolute Gasteiger partial charge is 0.478 e. The molecule has 0 aliphatic carbocycles. The van der Waals surface area contributed by atoms with Crippen LogP contribution in [0.2, 0.25) is 5.02 Å². The van der Waals surface area contributed by atoms with Crippen LogP contribution < -0.4 is 9.47 Å². The van der Waals surface area contributed by atoms with Gasteiger partial charge in [0.25, 0.3) is 5.79 Å². The minimum Gasteiger partial charge on any atom is -0.478 e. The molecule has 3 aliphatic heterocycles. The third-order valence-corrected chi connectivity index (χ3v) is 8.20. The normalized spacial score (nSPS) is 23.0. The summed E-state index contributed by atoms with van der Waals surface area (Å²) in [7, 11) is 0. The monoisotopic (exact) mass is 567 g/mol. The maximum absolute atomic E-state index is 14.8. The van der Waals surface area contributed by atoms with Gasteiger partial charge in [-0.15, -0.1) is 0 Å². The predicted octanol–water partition coefficient (Wildman–Crippen LogP) is 5.59. The van der Waals surface area contributed by atoms with Gasteiger partial charge in [0.1, 0.15) is 11.6 Å². The number of imidazole rings is 1. The summed E-state index contributed by atoms with van der Waals surface area (Å²) in [4.78, 5) is 18.1. The fourth-order valence-corrected chi connectivity index (χ4v) is 5.89. The van der Waals surface area contributed by atoms with Crippen LogP contribution in [-0.4, -0.2) is 51.3 Å². The summed E-state index contributed by atoms with van der Waals surface area (Å²) < 4.78 is 34.9. The Morgan fingerprint density at radius 2 is 2.02 bits per heavy atom. The Morgan fingerprint density at radius 3 is 2.73 bits per heavy atom. The maximum Gasteiger partial charge on any atom is 0.328 e. The summed E-state index contributed by atoms with van der Waals surface area (Å²) in [5.74, 6) is -0.288. The van der Waals surface area contributed by atoms with Gasteiger partial charge in [0.2, 0.25) is 0 Å². The van der Waals surface area contributed by atoms with E-state index in [9.17, 15) is 9.18 Å². The van der Waals surface area contributed by atoms with Crippen molar-refractivity contribution in [1.82, 2.24) is 14.5 Å². The molecule has 0 amide bonds. The van der Waals surface area contributed by atoms with Crippen molar-refractivity contribution in [2.75, 3.05) is 19.7 Å². The van der Waals surface area contributed by atoms with Crippen molar-refractivity contribution in [3.8, 4) is 11.5 Å². The molecule has 0 bridgehead atoms. The van der Waals surface area contributed by atoms with Crippen LogP contribution >= 0.6 is 11.6 Å². The van der Waals surface area contributed by atoms with Crippen LogP contribution in [0.3, 0.4) is 0 Å². The van der Waals surface area contributed by atoms with E-state index in [0.29, 0.717) is 35.2 Å². The van der Waals surface area contributed by atoms with Crippen molar-refractivity contribution in [1.29, 1.82) is 0 Å². The molecule has 3 aromatic rings. The minimum absolute atomic E-state index is 0.130. The first-order chi connectivity index (χ1) is 19.3. The lowest BCUT2D eigenvalue weighted by molar-refractivity contribution is -0.131. The maximum atomic E-state index is 14.8. The average molecular weight is 568 g/mol. The number of carboxylic acids is 1. The number of rotatable bonds is 8. The molecule has 1 unspecified atom stereocenters. The molecule has 8 nitrogen and oxygen atoms in total. The molecule has 2 atom stereocenters. The number of aliphatic carboxylic acids is 1. The predicted molar refractivity (Wildman–Crippen MR) is 147 cm³/mol. The van der Waals surface area contributed by atoms with Crippen molar-refractivity contribution < 1.29 is 28.5 Å². The van der Waals surface area contributed by atoms with Gasteiger partial charge in [0.15, 0.2) is 11.5 Å². The Balaban J connectivity index is 1.14. The lowest BCUT2D eigenvalue weighted by Gasteiger charge is -2.33. The zero-order valence-corrected chi connectivity index (χ0v) is 22.9. The van der Waals surface area contributed by atoms with E-state index in [1.54, 1.807) is 31.3 Å². The molecule has 2 aromatic carbocycles. The second kappa shape index (κ2) is 10.9. The first-order valence-corrected chi connectivity index (χ1v) is 13.9. The van der Waals surface area contributed by atoms with Crippen LogP contribution in [0.25, 0.3) is 6.08 Å². The highest BCUT2D eigenvalue weighted by Gasteiger charge is 2.43. The van der Waals surface area contributed by atoms with Crippen molar-refractivity contribution in [2.24, 2.45) is 0 Å². The first kappa shape index (κ1) is 26.8. The van der Waals surface area contributed by atoms with E-state index in [4.69, 9.17) is 30.9 Å². The first-order valence-electron chi connectivity index (χ1n) is 13.5.